The van der Waals surface area contributed by atoms with E-state index in [0.29, 0.717) is 10.4 Å². The van der Waals surface area contributed by atoms with Gasteiger partial charge in [0.1, 0.15) is 5.82 Å². The van der Waals surface area contributed by atoms with Crippen LogP contribution in [0.2, 0.25) is 5.02 Å². The van der Waals surface area contributed by atoms with E-state index < -0.39 is 0 Å². The van der Waals surface area contributed by atoms with Crippen LogP contribution in [0.25, 0.3) is 31.1 Å². The first-order valence-electron chi connectivity index (χ1n) is 7.18. The zero-order valence-corrected chi connectivity index (χ0v) is 14.2. The molecule has 0 atom stereocenters. The van der Waals surface area contributed by atoms with Gasteiger partial charge in [0.25, 0.3) is 0 Å². The van der Waals surface area contributed by atoms with Gasteiger partial charge in [-0.3, -0.25) is 4.79 Å². The van der Waals surface area contributed by atoms with E-state index >= 15 is 0 Å². The van der Waals surface area contributed by atoms with Crippen LogP contribution in [0.1, 0.15) is 0 Å². The smallest absolute Gasteiger partial charge is 0.196 e. The van der Waals surface area contributed by atoms with Gasteiger partial charge >= 0.3 is 0 Å². The van der Waals surface area contributed by atoms with Crippen molar-refractivity contribution in [3.63, 3.8) is 0 Å². The van der Waals surface area contributed by atoms with Crippen LogP contribution in [-0.4, -0.2) is 19.1 Å². The lowest BCUT2D eigenvalue weighted by Crippen LogP contribution is -2.13. The predicted octanol–water partition coefficient (Wildman–Crippen LogP) is 4.68. The van der Waals surface area contributed by atoms with Crippen LogP contribution in [0.3, 0.4) is 0 Å². The summed E-state index contributed by atoms with van der Waals surface area (Å²) in [5, 5.41) is 2.96. The first kappa shape index (κ1) is 14.4. The summed E-state index contributed by atoms with van der Waals surface area (Å²) >= 11 is 7.66. The fraction of sp³-hybridized carbons (Fsp3) is 0.111. The molecule has 2 aromatic heterocycles. The Morgan fingerprint density at radius 2 is 1.87 bits per heavy atom. The first-order chi connectivity index (χ1) is 11.1. The molecule has 4 rings (SSSR count). The maximum Gasteiger partial charge on any atom is 0.196 e. The predicted molar refractivity (Wildman–Crippen MR) is 100 cm³/mol. The maximum absolute atomic E-state index is 13.1. The van der Waals surface area contributed by atoms with Gasteiger partial charge in [0.2, 0.25) is 0 Å². The fourth-order valence-corrected chi connectivity index (χ4v) is 4.36. The zero-order valence-electron chi connectivity index (χ0n) is 12.6. The number of anilines is 1. The monoisotopic (exact) mass is 340 g/mol. The van der Waals surface area contributed by atoms with E-state index in [1.54, 1.807) is 23.5 Å². The van der Waals surface area contributed by atoms with Gasteiger partial charge in [-0.05, 0) is 24.3 Å². The van der Waals surface area contributed by atoms with Crippen LogP contribution in [0.15, 0.2) is 47.3 Å². The molecule has 0 aliphatic rings. The van der Waals surface area contributed by atoms with Gasteiger partial charge in [0, 0.05) is 34.6 Å². The maximum atomic E-state index is 13.1. The fourth-order valence-electron chi connectivity index (χ4n) is 2.82. The number of nitrogens with zero attached hydrogens (tertiary/aromatic N) is 2. The van der Waals surface area contributed by atoms with Crippen molar-refractivity contribution in [2.75, 3.05) is 19.0 Å². The van der Waals surface area contributed by atoms with Gasteiger partial charge < -0.3 is 4.90 Å². The molecule has 0 N–H and O–H groups in total. The second-order valence-electron chi connectivity index (χ2n) is 5.62. The molecule has 0 fully saturated rings. The molecule has 2 aromatic carbocycles. The van der Waals surface area contributed by atoms with E-state index in [1.807, 2.05) is 49.3 Å². The second kappa shape index (κ2) is 5.18. The molecule has 5 heteroatoms. The number of para-hydroxylation sites is 1. The average Bonchev–Trinajstić information content (AvgIpc) is 2.53. The summed E-state index contributed by atoms with van der Waals surface area (Å²) in [6, 6.07) is 13.2. The average molecular weight is 341 g/mol. The molecule has 0 amide bonds. The van der Waals surface area contributed by atoms with E-state index in [1.165, 1.54) is 0 Å². The van der Waals surface area contributed by atoms with Crippen LogP contribution >= 0.6 is 22.9 Å². The molecule has 0 aliphatic heterocycles. The molecule has 0 aliphatic carbocycles. The van der Waals surface area contributed by atoms with Gasteiger partial charge in [-0.25, -0.2) is 4.98 Å². The minimum Gasteiger partial charge on any atom is -0.362 e. The third-order valence-electron chi connectivity index (χ3n) is 3.88. The van der Waals surface area contributed by atoms with Crippen LogP contribution < -0.4 is 10.3 Å². The highest BCUT2D eigenvalue weighted by Crippen LogP contribution is 2.35. The van der Waals surface area contributed by atoms with Gasteiger partial charge in [0.05, 0.1) is 15.6 Å². The topological polar surface area (TPSA) is 33.2 Å². The van der Waals surface area contributed by atoms with Gasteiger partial charge in [-0.1, -0.05) is 29.8 Å². The number of rotatable bonds is 1. The van der Waals surface area contributed by atoms with Crippen molar-refractivity contribution in [3.05, 3.63) is 57.7 Å². The molecule has 114 valence electrons. The highest BCUT2D eigenvalue weighted by Gasteiger charge is 2.15. The summed E-state index contributed by atoms with van der Waals surface area (Å²) in [6.07, 6.45) is 0. The van der Waals surface area contributed by atoms with E-state index in [0.717, 1.165) is 31.5 Å². The van der Waals surface area contributed by atoms with E-state index in [-0.39, 0.29) is 5.43 Å². The molecular weight excluding hydrogens is 328 g/mol. The van der Waals surface area contributed by atoms with Crippen molar-refractivity contribution < 1.29 is 0 Å². The molecule has 3 nitrogen and oxygen atoms in total. The number of halogens is 1. The molecule has 0 saturated carbocycles. The van der Waals surface area contributed by atoms with Crippen LogP contribution in [0.5, 0.6) is 0 Å². The van der Waals surface area contributed by atoms with Crippen molar-refractivity contribution in [2.24, 2.45) is 0 Å². The molecule has 0 spiro atoms. The van der Waals surface area contributed by atoms with Crippen molar-refractivity contribution in [1.29, 1.82) is 0 Å². The lowest BCUT2D eigenvalue weighted by atomic mass is 10.1. The van der Waals surface area contributed by atoms with Crippen molar-refractivity contribution in [1.82, 2.24) is 4.98 Å². The molecule has 0 saturated heterocycles. The van der Waals surface area contributed by atoms with Gasteiger partial charge in [0.15, 0.2) is 5.43 Å². The van der Waals surface area contributed by atoms with E-state index in [9.17, 15) is 4.79 Å². The summed E-state index contributed by atoms with van der Waals surface area (Å²) < 4.78 is 1.78. The number of benzene rings is 2. The van der Waals surface area contributed by atoms with Crippen LogP contribution in [0.4, 0.5) is 5.82 Å². The highest BCUT2D eigenvalue weighted by atomic mass is 35.5. The molecule has 0 unspecified atom stereocenters. The number of aromatic nitrogens is 1. The zero-order chi connectivity index (χ0) is 16.1. The number of pyridine rings is 1. The Hall–Kier alpha value is -2.17. The molecule has 23 heavy (non-hydrogen) atoms. The summed E-state index contributed by atoms with van der Waals surface area (Å²) in [5.41, 5.74) is 0.869. The van der Waals surface area contributed by atoms with Crippen molar-refractivity contribution in [2.45, 2.75) is 0 Å². The Morgan fingerprint density at radius 1 is 1.09 bits per heavy atom. The van der Waals surface area contributed by atoms with E-state index in [4.69, 9.17) is 16.6 Å². The summed E-state index contributed by atoms with van der Waals surface area (Å²) in [4.78, 5) is 19.8. The quantitative estimate of drug-likeness (QED) is 0.372. The van der Waals surface area contributed by atoms with Crippen LogP contribution in [0, 0.1) is 0 Å². The van der Waals surface area contributed by atoms with Crippen molar-refractivity contribution >= 4 is 59.8 Å². The molecule has 4 aromatic rings. The lowest BCUT2D eigenvalue weighted by molar-refractivity contribution is 1.10. The minimum atomic E-state index is 0.0344. The standard InChI is InChI=1S/C18H13ClN2OS/c1-21(2)18-17-15(11-5-3-4-6-13(11)20-18)16(22)12-8-7-10(19)9-14(12)23-17/h3-9H,1-2H3. The Kier molecular flexibility index (Phi) is 3.25. The third-order valence-corrected chi connectivity index (χ3v) is 5.26. The SMILES string of the molecule is CN(C)c1nc2ccccc2c2c(=O)c3ccc(Cl)cc3sc12. The highest BCUT2D eigenvalue weighted by molar-refractivity contribution is 7.25. The number of fused-ring (bicyclic) bond motifs is 4. The van der Waals surface area contributed by atoms with Crippen molar-refractivity contribution in [3.8, 4) is 0 Å². The Bertz CT molecular complexity index is 1130. The Balaban J connectivity index is 2.34. The summed E-state index contributed by atoms with van der Waals surface area (Å²) in [7, 11) is 3.88. The first-order valence-corrected chi connectivity index (χ1v) is 8.38. The molecule has 0 bridgehead atoms. The Labute approximate surface area is 141 Å². The molecule has 0 radical (unpaired) electrons. The van der Waals surface area contributed by atoms with Gasteiger partial charge in [-0.2, -0.15) is 0 Å². The molecular formula is C18H13ClN2OS. The third kappa shape index (κ3) is 2.18. The normalized spacial score (nSPS) is 11.4. The Morgan fingerprint density at radius 3 is 2.65 bits per heavy atom. The summed E-state index contributed by atoms with van der Waals surface area (Å²) in [6.45, 7) is 0. The van der Waals surface area contributed by atoms with E-state index in [2.05, 4.69) is 0 Å². The molecule has 2 heterocycles. The number of hydrogen-bond donors (Lipinski definition) is 0. The minimum absolute atomic E-state index is 0.0344. The lowest BCUT2D eigenvalue weighted by Gasteiger charge is -2.15. The van der Waals surface area contributed by atoms with Crippen LogP contribution in [-0.2, 0) is 0 Å². The van der Waals surface area contributed by atoms with Gasteiger partial charge in [-0.15, -0.1) is 11.3 Å². The number of hydrogen-bond acceptors (Lipinski definition) is 4. The largest absolute Gasteiger partial charge is 0.362 e. The second-order valence-corrected chi connectivity index (χ2v) is 7.11. The summed E-state index contributed by atoms with van der Waals surface area (Å²) in [5.74, 6) is 0.808.